The van der Waals surface area contributed by atoms with E-state index < -0.39 is 74.5 Å². The first-order valence-electron chi connectivity index (χ1n) is 25.3. The lowest BCUT2D eigenvalue weighted by Gasteiger charge is -2.41. The monoisotopic (exact) mass is 1090 g/mol. The number of imidazole rings is 1. The molecule has 0 unspecified atom stereocenters. The maximum Gasteiger partial charge on any atom is 0.330 e. The second-order valence-corrected chi connectivity index (χ2v) is 28.9. The van der Waals surface area contributed by atoms with Gasteiger partial charge in [-0.25, -0.2) is 32.4 Å². The number of carbonyl (C=O) groups excluding carboxylic acids is 1. The van der Waals surface area contributed by atoms with Crippen molar-refractivity contribution < 1.29 is 45.6 Å². The Morgan fingerprint density at radius 1 is 0.803 bits per heavy atom. The van der Waals surface area contributed by atoms with Gasteiger partial charge in [-0.1, -0.05) is 112 Å². The van der Waals surface area contributed by atoms with Crippen LogP contribution in [0.2, 0.25) is 18.1 Å². The number of hydrogen-bond acceptors (Lipinski definition) is 14. The van der Waals surface area contributed by atoms with Gasteiger partial charge in [-0.2, -0.15) is 0 Å². The van der Waals surface area contributed by atoms with E-state index >= 15 is 0 Å². The number of carbonyl (C=O) groups is 1. The molecule has 0 saturated carbocycles. The number of aromatic amines is 1. The molecule has 5 aromatic carbocycles. The number of hydrogen-bond donors (Lipinski definition) is 2. The van der Waals surface area contributed by atoms with Gasteiger partial charge in [0.1, 0.15) is 47.3 Å². The number of nitrogens with one attached hydrogen (secondary N) is 2. The predicted molar refractivity (Wildman–Crippen MR) is 292 cm³/mol. The van der Waals surface area contributed by atoms with Crippen LogP contribution in [0.4, 0.5) is 5.82 Å². The summed E-state index contributed by atoms with van der Waals surface area (Å²) in [5, 5.41) is 2.52. The Labute approximate surface area is 444 Å². The highest BCUT2D eigenvalue weighted by atomic mass is 32.2. The number of H-pyrrole nitrogens is 1. The molecule has 3 fully saturated rings. The van der Waals surface area contributed by atoms with E-state index in [9.17, 15) is 18.0 Å². The minimum Gasteiger partial charge on any atom is -0.497 e. The molecule has 2 aromatic heterocycles. The number of ether oxygens (including phenoxy) is 4. The Morgan fingerprint density at radius 2 is 1.39 bits per heavy atom. The van der Waals surface area contributed by atoms with E-state index in [0.29, 0.717) is 30.0 Å². The molecule has 5 heterocycles. The topological polar surface area (TPSA) is 195 Å². The van der Waals surface area contributed by atoms with E-state index in [0.717, 1.165) is 23.1 Å². The summed E-state index contributed by atoms with van der Waals surface area (Å²) >= 11 is 0. The molecule has 0 bridgehead atoms. The molecule has 3 saturated heterocycles. The summed E-state index contributed by atoms with van der Waals surface area (Å²) in [6.45, 7) is 11.1. The summed E-state index contributed by atoms with van der Waals surface area (Å²) in [6, 6.07) is 42.2. The lowest BCUT2D eigenvalue weighted by molar-refractivity contribution is -0.0928. The first-order valence-corrected chi connectivity index (χ1v) is 31.0. The zero-order valence-corrected chi connectivity index (χ0v) is 46.2. The maximum absolute atomic E-state index is 14.7. The third kappa shape index (κ3) is 10.4. The number of aromatic nitrogens is 4. The van der Waals surface area contributed by atoms with Crippen molar-refractivity contribution in [2.75, 3.05) is 38.4 Å². The Hall–Kier alpha value is -6.12. The number of nitrogens with zero attached hydrogens (tertiary/aromatic N) is 4. The van der Waals surface area contributed by atoms with Crippen LogP contribution in [0, 0.1) is 0 Å². The van der Waals surface area contributed by atoms with Crippen LogP contribution in [0.25, 0.3) is 11.2 Å². The van der Waals surface area contributed by atoms with Crippen molar-refractivity contribution in [3.05, 3.63) is 179 Å². The SMILES string of the molecule is COc1ccc(C(OC[C@H]2O[C@@H](n3c(=O)[nH]c4c(NC(=O)c5ccccc5)ncnc43)[C@H](O[Si](C)(C)C(C)(C)C)[C@@H]2O[P@@]2O[C@H](CS(=O)(=O)c3ccccc3)[C@@H]3CCCN32)(c2ccccc2)c2ccc(OC)cc2)cc1. The standard InChI is InChI=1S/C56H63N6O11PSSi/c1-55(2,3)76(6,7)73-49-48(72-74-61-33-17-24-44(61)46(71-74)35-75(65,66)43-22-15-10-16-23-43)45(70-53(49)62-51-47(59-54(62)64)50(57-36-58-51)60-52(63)37-18-11-8-12-19-37)34-69-56(38-20-13-9-14-21-38,39-25-29-41(67-4)30-26-39)40-27-31-42(68-5)32-28-40/h8-16,18-23,25-32,36,44-46,48-49,53H,17,24,33-35H2,1-7H3,(H,59,64)(H,57,58,60,63)/t44-,45+,46+,48+,49+,53+,74+/m0/s1. The van der Waals surface area contributed by atoms with Crippen molar-refractivity contribution in [3.63, 3.8) is 0 Å². The maximum atomic E-state index is 14.7. The highest BCUT2D eigenvalue weighted by molar-refractivity contribution is 7.91. The van der Waals surface area contributed by atoms with Crippen LogP contribution in [0.1, 0.15) is 66.9 Å². The summed E-state index contributed by atoms with van der Waals surface area (Å²) < 4.78 is 79.3. The van der Waals surface area contributed by atoms with Gasteiger partial charge in [0.2, 0.25) is 0 Å². The summed E-state index contributed by atoms with van der Waals surface area (Å²) in [7, 11) is -5.28. The summed E-state index contributed by atoms with van der Waals surface area (Å²) in [5.74, 6) is 0.740. The number of sulfone groups is 1. The van der Waals surface area contributed by atoms with Crippen LogP contribution >= 0.6 is 8.53 Å². The van der Waals surface area contributed by atoms with Crippen molar-refractivity contribution in [2.24, 2.45) is 0 Å². The van der Waals surface area contributed by atoms with Crippen molar-refractivity contribution in [1.29, 1.82) is 0 Å². The average Bonchev–Trinajstić information content (AvgIpc) is 4.22. The molecule has 20 heteroatoms. The van der Waals surface area contributed by atoms with Gasteiger partial charge in [-0.15, -0.1) is 0 Å². The molecule has 0 radical (unpaired) electrons. The number of anilines is 1. The molecule has 3 aliphatic heterocycles. The second-order valence-electron chi connectivity index (χ2n) is 20.7. The first kappa shape index (κ1) is 53.3. The Bertz CT molecular complexity index is 3260. The van der Waals surface area contributed by atoms with Crippen LogP contribution in [0.3, 0.4) is 0 Å². The molecule has 2 N–H and O–H groups in total. The Kier molecular flexibility index (Phi) is 15.2. The fourth-order valence-corrected chi connectivity index (χ4v) is 14.9. The van der Waals surface area contributed by atoms with E-state index in [2.05, 4.69) is 58.8 Å². The Morgan fingerprint density at radius 3 is 2.00 bits per heavy atom. The molecule has 0 spiro atoms. The van der Waals surface area contributed by atoms with Crippen LogP contribution in [0.15, 0.2) is 156 Å². The van der Waals surface area contributed by atoms with Crippen molar-refractivity contribution >= 4 is 49.6 Å². The lowest BCUT2D eigenvalue weighted by atomic mass is 9.80. The van der Waals surface area contributed by atoms with Gasteiger partial charge in [-0.3, -0.25) is 4.79 Å². The fourth-order valence-electron chi connectivity index (χ4n) is 10.0. The molecule has 398 valence electrons. The molecular weight excluding hydrogens is 1020 g/mol. The zero-order valence-electron chi connectivity index (χ0n) is 43.5. The van der Waals surface area contributed by atoms with Crippen LogP contribution in [-0.2, 0) is 38.4 Å². The zero-order chi connectivity index (χ0) is 53.4. The van der Waals surface area contributed by atoms with Crippen molar-refractivity contribution in [1.82, 2.24) is 24.2 Å². The van der Waals surface area contributed by atoms with Gasteiger partial charge in [-0.05, 0) is 96.2 Å². The molecule has 1 amide bonds. The molecule has 17 nitrogen and oxygen atoms in total. The third-order valence-corrected chi connectivity index (χ3v) is 23.0. The number of methoxy groups -OCH3 is 2. The van der Waals surface area contributed by atoms with Crippen molar-refractivity contribution in [2.45, 2.75) is 98.9 Å². The van der Waals surface area contributed by atoms with Crippen LogP contribution in [-0.4, -0.2) is 110 Å². The number of benzene rings is 5. The number of amides is 1. The second kappa shape index (κ2) is 21.7. The smallest absolute Gasteiger partial charge is 0.330 e. The van der Waals surface area contributed by atoms with E-state index in [-0.39, 0.29) is 45.3 Å². The minimum atomic E-state index is -3.76. The molecular formula is C56H63N6O11PSSi. The van der Waals surface area contributed by atoms with Crippen LogP contribution < -0.4 is 20.5 Å². The predicted octanol–water partition coefficient (Wildman–Crippen LogP) is 9.63. The largest absolute Gasteiger partial charge is 0.497 e. The van der Waals surface area contributed by atoms with E-state index in [4.69, 9.17) is 32.4 Å². The summed E-state index contributed by atoms with van der Waals surface area (Å²) in [6.07, 6.45) is -2.05. The molecule has 7 atom stereocenters. The molecule has 3 aliphatic rings. The average molecular weight is 1090 g/mol. The van der Waals surface area contributed by atoms with E-state index in [1.165, 1.54) is 10.9 Å². The first-order chi connectivity index (χ1) is 36.5. The molecule has 76 heavy (non-hydrogen) atoms. The van der Waals surface area contributed by atoms with Gasteiger partial charge in [0.05, 0.1) is 37.6 Å². The lowest BCUT2D eigenvalue weighted by Crippen LogP contribution is -2.50. The normalized spacial score (nSPS) is 22.2. The fraction of sp³-hybridized carbons (Fsp3) is 0.357. The van der Waals surface area contributed by atoms with E-state index in [1.807, 2.05) is 84.9 Å². The van der Waals surface area contributed by atoms with E-state index in [1.54, 1.807) is 68.8 Å². The molecule has 0 aliphatic carbocycles. The van der Waals surface area contributed by atoms with Gasteiger partial charge in [0.15, 0.2) is 35.8 Å². The van der Waals surface area contributed by atoms with Gasteiger partial charge < -0.3 is 42.7 Å². The van der Waals surface area contributed by atoms with Gasteiger partial charge in [0, 0.05) is 18.2 Å². The van der Waals surface area contributed by atoms with Gasteiger partial charge >= 0.3 is 5.69 Å². The summed E-state index contributed by atoms with van der Waals surface area (Å²) in [4.78, 5) is 40.4. The van der Waals surface area contributed by atoms with Crippen LogP contribution in [0.5, 0.6) is 11.5 Å². The number of rotatable bonds is 18. The number of fused-ring (bicyclic) bond motifs is 2. The Balaban J connectivity index is 1.10. The molecule has 10 rings (SSSR count). The molecule has 7 aromatic rings. The quantitative estimate of drug-likeness (QED) is 0.0468. The third-order valence-electron chi connectivity index (χ3n) is 15.0. The highest BCUT2D eigenvalue weighted by Gasteiger charge is 2.57. The van der Waals surface area contributed by atoms with Gasteiger partial charge in [0.25, 0.3) is 14.4 Å². The van der Waals surface area contributed by atoms with Crippen molar-refractivity contribution in [3.8, 4) is 11.5 Å². The highest BCUT2D eigenvalue weighted by Crippen LogP contribution is 2.59. The minimum absolute atomic E-state index is 0.0910. The summed E-state index contributed by atoms with van der Waals surface area (Å²) in [5.41, 5.74) is 1.23.